The van der Waals surface area contributed by atoms with Crippen molar-refractivity contribution in [1.82, 2.24) is 9.80 Å². The van der Waals surface area contributed by atoms with Gasteiger partial charge in [-0.2, -0.15) is 0 Å². The van der Waals surface area contributed by atoms with Crippen LogP contribution in [-0.4, -0.2) is 102 Å². The number of nitrogens with zero attached hydrogens (tertiary/aromatic N) is 4. The number of amides is 2. The van der Waals surface area contributed by atoms with Crippen LogP contribution in [0.15, 0.2) is 112 Å². The number of guanidine groups is 2. The summed E-state index contributed by atoms with van der Waals surface area (Å²) in [5, 5.41) is 17.2. The molecule has 4 heterocycles. The molecule has 2 amide bonds. The molecule has 2 saturated carbocycles. The van der Waals surface area contributed by atoms with Crippen LogP contribution in [0.2, 0.25) is 0 Å². The summed E-state index contributed by atoms with van der Waals surface area (Å²) in [6.07, 6.45) is 6.48. The molecule has 4 spiro atoms. The predicted molar refractivity (Wildman–Crippen MR) is 240 cm³/mol. The Morgan fingerprint density at radius 2 is 1.10 bits per heavy atom. The first kappa shape index (κ1) is 43.4. The van der Waals surface area contributed by atoms with Gasteiger partial charge in [0.25, 0.3) is 11.8 Å². The van der Waals surface area contributed by atoms with Crippen LogP contribution in [0.4, 0.5) is 0 Å². The van der Waals surface area contributed by atoms with Crippen molar-refractivity contribution in [3.05, 3.63) is 113 Å². The highest BCUT2D eigenvalue weighted by atomic mass is 79.9. The van der Waals surface area contributed by atoms with E-state index < -0.39 is 29.4 Å². The van der Waals surface area contributed by atoms with Gasteiger partial charge in [0.05, 0.1) is 12.2 Å². The minimum atomic E-state index is -1.34. The van der Waals surface area contributed by atoms with Crippen LogP contribution in [0.3, 0.4) is 0 Å². The SMILES string of the molecule is COC1CCC2(CC1)Oc1ccc(-c3ccccc3)cc1C21N=C(N)N(C)C1=O.COC1CCC2(CC1)Oc1ccc(Br)cc1C21N=C(N)N(C)C1=O.OB(O)c1ccccc1. The van der Waals surface area contributed by atoms with Crippen molar-refractivity contribution in [1.29, 1.82) is 0 Å². The molecule has 0 bridgehead atoms. The van der Waals surface area contributed by atoms with Crippen LogP contribution < -0.4 is 26.4 Å². The fraction of sp³-hybridized carbons (Fsp3) is 0.391. The topological polar surface area (TPSA) is 195 Å². The third-order valence-electron chi connectivity index (χ3n) is 13.5. The fourth-order valence-electron chi connectivity index (χ4n) is 10.0. The number of benzene rings is 4. The van der Waals surface area contributed by atoms with Crippen LogP contribution in [0.5, 0.6) is 11.5 Å². The molecule has 4 aromatic rings. The summed E-state index contributed by atoms with van der Waals surface area (Å²) in [6.45, 7) is 0. The van der Waals surface area contributed by atoms with E-state index in [9.17, 15) is 9.59 Å². The Hall–Kier alpha value is -5.26. The van der Waals surface area contributed by atoms with Gasteiger partial charge in [0.1, 0.15) is 22.7 Å². The quantitative estimate of drug-likeness (QED) is 0.211. The molecule has 0 saturated heterocycles. The van der Waals surface area contributed by atoms with Crippen molar-refractivity contribution in [2.24, 2.45) is 21.5 Å². The molecule has 2 fully saturated rings. The summed E-state index contributed by atoms with van der Waals surface area (Å²) >= 11 is 3.50. The van der Waals surface area contributed by atoms with E-state index in [1.54, 1.807) is 52.6 Å². The van der Waals surface area contributed by atoms with E-state index >= 15 is 0 Å². The zero-order chi connectivity index (χ0) is 44.0. The Balaban J connectivity index is 0.000000144. The summed E-state index contributed by atoms with van der Waals surface area (Å²) < 4.78 is 24.9. The third-order valence-corrected chi connectivity index (χ3v) is 14.0. The van der Waals surface area contributed by atoms with Crippen LogP contribution in [-0.2, 0) is 30.1 Å². The lowest BCUT2D eigenvalue weighted by Gasteiger charge is -2.43. The molecule has 2 unspecified atom stereocenters. The van der Waals surface area contributed by atoms with E-state index in [4.69, 9.17) is 45.5 Å². The van der Waals surface area contributed by atoms with Gasteiger partial charge in [-0.15, -0.1) is 0 Å². The molecule has 4 aromatic carbocycles. The van der Waals surface area contributed by atoms with Gasteiger partial charge in [0, 0.05) is 43.9 Å². The Labute approximate surface area is 370 Å². The molecule has 2 atom stereocenters. The molecule has 324 valence electrons. The number of halogens is 1. The van der Waals surface area contributed by atoms with E-state index in [0.717, 1.165) is 58.2 Å². The highest BCUT2D eigenvalue weighted by Crippen LogP contribution is 2.60. The number of aliphatic imine (C=N–C) groups is 2. The van der Waals surface area contributed by atoms with Gasteiger partial charge in [-0.05, 0) is 98.3 Å². The molecule has 0 radical (unpaired) electrons. The largest absolute Gasteiger partial charge is 0.488 e. The lowest BCUT2D eigenvalue weighted by Crippen LogP contribution is -2.57. The number of carbonyl (C=O) groups excluding carboxylic acids is 2. The molecule has 6 aliphatic rings. The molecule has 16 heteroatoms. The first-order valence-corrected chi connectivity index (χ1v) is 21.7. The van der Waals surface area contributed by atoms with Crippen molar-refractivity contribution in [3.63, 3.8) is 0 Å². The van der Waals surface area contributed by atoms with Crippen LogP contribution >= 0.6 is 15.9 Å². The maximum atomic E-state index is 13.6. The number of carbonyl (C=O) groups is 2. The van der Waals surface area contributed by atoms with Gasteiger partial charge in [0.2, 0.25) is 11.1 Å². The second kappa shape index (κ2) is 16.8. The maximum Gasteiger partial charge on any atom is 0.488 e. The number of rotatable bonds is 4. The molecule has 0 aromatic heterocycles. The molecule has 10 rings (SSSR count). The normalized spacial score (nSPS) is 29.0. The van der Waals surface area contributed by atoms with E-state index in [1.165, 1.54) is 9.80 Å². The van der Waals surface area contributed by atoms with Crippen LogP contribution in [0, 0.1) is 0 Å². The molecule has 62 heavy (non-hydrogen) atoms. The molecule has 14 nitrogen and oxygen atoms in total. The van der Waals surface area contributed by atoms with Gasteiger partial charge in [-0.3, -0.25) is 19.4 Å². The smallest absolute Gasteiger partial charge is 0.483 e. The van der Waals surface area contributed by atoms with E-state index in [2.05, 4.69) is 39.1 Å². The van der Waals surface area contributed by atoms with E-state index in [1.807, 2.05) is 54.6 Å². The third kappa shape index (κ3) is 6.96. The highest BCUT2D eigenvalue weighted by molar-refractivity contribution is 9.10. The lowest BCUT2D eigenvalue weighted by atomic mass is 9.68. The van der Waals surface area contributed by atoms with Crippen molar-refractivity contribution in [3.8, 4) is 22.6 Å². The maximum absolute atomic E-state index is 13.6. The van der Waals surface area contributed by atoms with Gasteiger partial charge in [-0.25, -0.2) is 9.98 Å². The van der Waals surface area contributed by atoms with Crippen molar-refractivity contribution in [2.45, 2.75) is 85.9 Å². The summed E-state index contributed by atoms with van der Waals surface area (Å²) in [6, 6.07) is 30.6. The Morgan fingerprint density at radius 3 is 1.50 bits per heavy atom. The summed E-state index contributed by atoms with van der Waals surface area (Å²) in [5.41, 5.74) is 12.8. The summed E-state index contributed by atoms with van der Waals surface area (Å²) in [5.74, 6) is 1.69. The standard InChI is InChI=1S/C23H25N3O3.C17H20BrN3O3.C6H7BO2/c1-26-20(27)23(25-21(26)24)18-14-16(15-6-4-3-5-7-15)8-9-19(18)29-22(23)12-10-17(28-2)11-13-22;1-21-14(22)17(20-15(21)19)12-9-10(18)3-4-13(12)24-16(17)7-5-11(23-2)6-8-16;8-7(9)6-4-2-1-3-5-6/h3-9,14,17H,10-13H2,1-2H3,(H2,24,25);3-4,9,11H,5-8H2,1-2H3,(H2,19,20);1-5,8-9H. The van der Waals surface area contributed by atoms with Crippen molar-refractivity contribution >= 4 is 52.2 Å². The number of fused-ring (bicyclic) bond motifs is 6. The monoisotopic (exact) mass is 906 g/mol. The van der Waals surface area contributed by atoms with E-state index in [0.29, 0.717) is 36.9 Å². The summed E-state index contributed by atoms with van der Waals surface area (Å²) in [4.78, 5) is 39.2. The number of hydrogen-bond acceptors (Lipinski definition) is 12. The average Bonchev–Trinajstić information content (AvgIpc) is 3.89. The van der Waals surface area contributed by atoms with Gasteiger partial charge in [0.15, 0.2) is 11.9 Å². The minimum absolute atomic E-state index is 0.116. The van der Waals surface area contributed by atoms with Gasteiger partial charge < -0.3 is 40.5 Å². The Morgan fingerprint density at radius 1 is 0.661 bits per heavy atom. The predicted octanol–water partition coefficient (Wildman–Crippen LogP) is 4.57. The lowest BCUT2D eigenvalue weighted by molar-refractivity contribution is -0.141. The highest BCUT2D eigenvalue weighted by Gasteiger charge is 2.70. The molecule has 2 aliphatic carbocycles. The average molecular weight is 908 g/mol. The first-order valence-electron chi connectivity index (χ1n) is 20.9. The Bertz CT molecular complexity index is 2390. The fourth-order valence-corrected chi connectivity index (χ4v) is 10.4. The number of hydrogen-bond donors (Lipinski definition) is 4. The van der Waals surface area contributed by atoms with E-state index in [-0.39, 0.29) is 35.9 Å². The molecular formula is C46H52BBrN6O8. The van der Waals surface area contributed by atoms with Crippen LogP contribution in [0.1, 0.15) is 62.5 Å². The molecular weight excluding hydrogens is 855 g/mol. The zero-order valence-electron chi connectivity index (χ0n) is 35.3. The second-order valence-electron chi connectivity index (χ2n) is 16.7. The first-order chi connectivity index (χ1) is 29.7. The second-order valence-corrected chi connectivity index (χ2v) is 17.6. The number of likely N-dealkylation sites (N-methyl/N-ethyl adjacent to an activating group) is 2. The van der Waals surface area contributed by atoms with Gasteiger partial charge >= 0.3 is 7.12 Å². The van der Waals surface area contributed by atoms with Gasteiger partial charge in [-0.1, -0.05) is 82.7 Å². The number of methoxy groups -OCH3 is 2. The Kier molecular flexibility index (Phi) is 11.8. The molecule has 4 aliphatic heterocycles. The van der Waals surface area contributed by atoms with Crippen molar-refractivity contribution < 1.29 is 38.6 Å². The molecule has 6 N–H and O–H groups in total. The minimum Gasteiger partial charge on any atom is -0.483 e. The number of ether oxygens (including phenoxy) is 4. The summed E-state index contributed by atoms with van der Waals surface area (Å²) in [7, 11) is 5.47. The number of nitrogens with two attached hydrogens (primary N) is 2. The van der Waals surface area contributed by atoms with Crippen molar-refractivity contribution in [2.75, 3.05) is 28.3 Å². The van der Waals surface area contributed by atoms with Crippen LogP contribution in [0.25, 0.3) is 11.1 Å². The zero-order valence-corrected chi connectivity index (χ0v) is 36.9.